The third-order valence-corrected chi connectivity index (χ3v) is 12.0. The molecule has 152 valence electrons. The molecule has 0 amide bonds. The first-order chi connectivity index (χ1) is 12.7. The second-order valence-electron chi connectivity index (χ2n) is 10.4. The first-order valence-electron chi connectivity index (χ1n) is 11.1. The Labute approximate surface area is 168 Å². The van der Waals surface area contributed by atoms with E-state index in [1.165, 1.54) is 56.9 Å². The van der Waals surface area contributed by atoms with Crippen LogP contribution < -0.4 is 0 Å². The van der Waals surface area contributed by atoms with E-state index in [2.05, 4.69) is 64.2 Å². The minimum Gasteiger partial charge on any atom is -0.413 e. The summed E-state index contributed by atoms with van der Waals surface area (Å²) < 4.78 is 13.7. The van der Waals surface area contributed by atoms with E-state index in [9.17, 15) is 0 Å². The Morgan fingerprint density at radius 3 is 2.11 bits per heavy atom. The summed E-state index contributed by atoms with van der Waals surface area (Å²) in [7, 11) is -1.77. The van der Waals surface area contributed by atoms with Gasteiger partial charge in [-0.05, 0) is 49.4 Å². The fraction of sp³-hybridized carbons (Fsp3) is 0.750. The van der Waals surface area contributed by atoms with E-state index >= 15 is 0 Å². The summed E-state index contributed by atoms with van der Waals surface area (Å²) in [6.45, 7) is 12.6. The maximum Gasteiger partial charge on any atom is 0.192 e. The molecule has 1 aromatic rings. The average Bonchev–Trinajstić information content (AvgIpc) is 2.63. The minimum absolute atomic E-state index is 0.237. The molecule has 0 heterocycles. The van der Waals surface area contributed by atoms with Crippen LogP contribution in [0.15, 0.2) is 30.3 Å². The normalized spacial score (nSPS) is 29.8. The van der Waals surface area contributed by atoms with Crippen LogP contribution in [-0.2, 0) is 15.8 Å². The van der Waals surface area contributed by atoms with Crippen molar-refractivity contribution >= 4 is 8.32 Å². The average molecular weight is 389 g/mol. The van der Waals surface area contributed by atoms with Crippen LogP contribution in [-0.4, -0.2) is 20.5 Å². The molecule has 2 aliphatic carbocycles. The topological polar surface area (TPSA) is 18.5 Å². The van der Waals surface area contributed by atoms with Gasteiger partial charge in [-0.3, -0.25) is 0 Å². The quantitative estimate of drug-likeness (QED) is 0.501. The predicted molar refractivity (Wildman–Crippen MR) is 116 cm³/mol. The number of rotatable bonds is 5. The van der Waals surface area contributed by atoms with Gasteiger partial charge in [0.25, 0.3) is 0 Å². The first kappa shape index (κ1) is 21.1. The van der Waals surface area contributed by atoms with Crippen molar-refractivity contribution in [1.29, 1.82) is 0 Å². The Balaban J connectivity index is 1.78. The molecule has 3 heteroatoms. The van der Waals surface area contributed by atoms with Gasteiger partial charge in [0.15, 0.2) is 8.32 Å². The van der Waals surface area contributed by atoms with Gasteiger partial charge in [0.1, 0.15) is 0 Å². The number of hydrogen-bond donors (Lipinski definition) is 0. The Hall–Kier alpha value is -0.643. The van der Waals surface area contributed by atoms with E-state index in [-0.39, 0.29) is 10.5 Å². The fourth-order valence-corrected chi connectivity index (χ4v) is 6.27. The highest BCUT2D eigenvalue weighted by Crippen LogP contribution is 2.52. The molecule has 2 saturated carbocycles. The van der Waals surface area contributed by atoms with E-state index in [0.29, 0.717) is 12.2 Å². The molecule has 0 bridgehead atoms. The van der Waals surface area contributed by atoms with Crippen LogP contribution in [0.4, 0.5) is 0 Å². The summed E-state index contributed by atoms with van der Waals surface area (Å²) in [6.07, 6.45) is 11.0. The largest absolute Gasteiger partial charge is 0.413 e. The summed E-state index contributed by atoms with van der Waals surface area (Å²) >= 11 is 0. The van der Waals surface area contributed by atoms with E-state index < -0.39 is 8.32 Å². The molecule has 27 heavy (non-hydrogen) atoms. The molecule has 0 saturated heterocycles. The van der Waals surface area contributed by atoms with E-state index in [0.717, 1.165) is 6.61 Å². The molecule has 2 aliphatic rings. The molecule has 0 unspecified atom stereocenters. The maximum atomic E-state index is 7.08. The van der Waals surface area contributed by atoms with Crippen LogP contribution in [0.25, 0.3) is 0 Å². The Morgan fingerprint density at radius 2 is 1.52 bits per heavy atom. The van der Waals surface area contributed by atoms with Gasteiger partial charge in [-0.25, -0.2) is 0 Å². The highest BCUT2D eigenvalue weighted by molar-refractivity contribution is 6.74. The Kier molecular flexibility index (Phi) is 6.54. The molecular formula is C24H40O2Si. The van der Waals surface area contributed by atoms with Crippen LogP contribution in [0, 0.1) is 5.41 Å². The highest BCUT2D eigenvalue weighted by Gasteiger charge is 2.52. The van der Waals surface area contributed by atoms with Gasteiger partial charge in [-0.15, -0.1) is 0 Å². The Morgan fingerprint density at radius 1 is 0.926 bits per heavy atom. The molecule has 0 N–H and O–H groups in total. The van der Waals surface area contributed by atoms with Crippen molar-refractivity contribution in [3.8, 4) is 0 Å². The molecule has 2 fully saturated rings. The zero-order valence-corrected chi connectivity index (χ0v) is 19.2. The van der Waals surface area contributed by atoms with Crippen molar-refractivity contribution in [2.45, 2.75) is 109 Å². The molecule has 1 spiro atoms. The lowest BCUT2D eigenvalue weighted by molar-refractivity contribution is -0.143. The zero-order chi connectivity index (χ0) is 19.5. The van der Waals surface area contributed by atoms with Gasteiger partial charge in [0.2, 0.25) is 0 Å². The fourth-order valence-electron chi connectivity index (χ4n) is 4.85. The van der Waals surface area contributed by atoms with Crippen LogP contribution >= 0.6 is 0 Å². The van der Waals surface area contributed by atoms with Crippen molar-refractivity contribution in [1.82, 2.24) is 0 Å². The van der Waals surface area contributed by atoms with Gasteiger partial charge in [0.05, 0.1) is 18.8 Å². The summed E-state index contributed by atoms with van der Waals surface area (Å²) in [5.74, 6) is 0. The van der Waals surface area contributed by atoms with Crippen LogP contribution in [0.3, 0.4) is 0 Å². The van der Waals surface area contributed by atoms with Crippen molar-refractivity contribution in [2.75, 3.05) is 0 Å². The van der Waals surface area contributed by atoms with E-state index in [4.69, 9.17) is 9.16 Å². The molecular weight excluding hydrogens is 348 g/mol. The van der Waals surface area contributed by atoms with Crippen LogP contribution in [0.5, 0.6) is 0 Å². The minimum atomic E-state index is -1.77. The van der Waals surface area contributed by atoms with Crippen LogP contribution in [0.1, 0.15) is 77.7 Å². The standard InChI is InChI=1S/C24H40O2Si/c1-23(2,3)27(4,5)26-22-16-10-12-18-24(22)17-11-9-15-21(24)25-19-20-13-7-6-8-14-20/h6-8,13-14,21-22H,9-12,15-19H2,1-5H3/t21-,22-,24+/m0/s1. The molecule has 1 aromatic carbocycles. The lowest BCUT2D eigenvalue weighted by Crippen LogP contribution is -2.56. The first-order valence-corrected chi connectivity index (χ1v) is 14.0. The van der Waals surface area contributed by atoms with Gasteiger partial charge < -0.3 is 9.16 Å². The summed E-state index contributed by atoms with van der Waals surface area (Å²) in [4.78, 5) is 0. The van der Waals surface area contributed by atoms with Crippen molar-refractivity contribution < 1.29 is 9.16 Å². The molecule has 2 nitrogen and oxygen atoms in total. The van der Waals surface area contributed by atoms with Crippen molar-refractivity contribution in [2.24, 2.45) is 5.41 Å². The summed E-state index contributed by atoms with van der Waals surface area (Å²) in [5.41, 5.74) is 1.52. The maximum absolute atomic E-state index is 7.08. The molecule has 3 atom stereocenters. The second-order valence-corrected chi connectivity index (χ2v) is 15.1. The van der Waals surface area contributed by atoms with Crippen molar-refractivity contribution in [3.05, 3.63) is 35.9 Å². The third kappa shape index (κ3) is 4.68. The van der Waals surface area contributed by atoms with Crippen molar-refractivity contribution in [3.63, 3.8) is 0 Å². The summed E-state index contributed by atoms with van der Waals surface area (Å²) in [5, 5.41) is 0.265. The smallest absolute Gasteiger partial charge is 0.192 e. The molecule has 0 aromatic heterocycles. The zero-order valence-electron chi connectivity index (χ0n) is 18.2. The predicted octanol–water partition coefficient (Wildman–Crippen LogP) is 7.10. The van der Waals surface area contributed by atoms with Gasteiger partial charge in [-0.2, -0.15) is 0 Å². The van der Waals surface area contributed by atoms with Gasteiger partial charge in [-0.1, -0.05) is 76.8 Å². The van der Waals surface area contributed by atoms with Gasteiger partial charge in [0, 0.05) is 5.41 Å². The molecule has 0 aliphatic heterocycles. The second kappa shape index (κ2) is 8.38. The van der Waals surface area contributed by atoms with E-state index in [1.807, 2.05) is 0 Å². The third-order valence-electron chi connectivity index (χ3n) is 7.54. The number of ether oxygens (including phenoxy) is 1. The Bertz CT molecular complexity index is 586. The van der Waals surface area contributed by atoms with Gasteiger partial charge >= 0.3 is 0 Å². The molecule has 3 rings (SSSR count). The number of hydrogen-bond acceptors (Lipinski definition) is 2. The number of benzene rings is 1. The van der Waals surface area contributed by atoms with E-state index in [1.54, 1.807) is 0 Å². The summed E-state index contributed by atoms with van der Waals surface area (Å²) in [6, 6.07) is 10.7. The lowest BCUT2D eigenvalue weighted by atomic mass is 9.62. The highest BCUT2D eigenvalue weighted by atomic mass is 28.4. The SMILES string of the molecule is CC(C)(C)[Si](C)(C)O[C@H]1CCCC[C@@]12CCCC[C@@H]2OCc1ccccc1. The molecule has 0 radical (unpaired) electrons. The monoisotopic (exact) mass is 388 g/mol. The van der Waals surface area contributed by atoms with Crippen LogP contribution in [0.2, 0.25) is 18.1 Å². The lowest BCUT2D eigenvalue weighted by Gasteiger charge is -2.54.